The average Bonchev–Trinajstić information content (AvgIpc) is 3.35. The fourth-order valence-corrected chi connectivity index (χ4v) is 5.51. The largest absolute Gasteiger partial charge is 0.497 e. The Labute approximate surface area is 234 Å². The number of furan rings is 1. The van der Waals surface area contributed by atoms with Crippen molar-refractivity contribution < 1.29 is 22.4 Å². The highest BCUT2D eigenvalue weighted by Crippen LogP contribution is 2.31. The van der Waals surface area contributed by atoms with Crippen molar-refractivity contribution in [1.29, 1.82) is 0 Å². The lowest BCUT2D eigenvalue weighted by molar-refractivity contribution is -0.119. The molecule has 0 radical (unpaired) electrons. The molecule has 3 aromatic carbocycles. The van der Waals surface area contributed by atoms with Crippen molar-refractivity contribution in [2.45, 2.75) is 4.90 Å². The highest BCUT2D eigenvalue weighted by Gasteiger charge is 2.27. The molecular formula is C26H20Cl3N3O5S. The fourth-order valence-electron chi connectivity index (χ4n) is 3.41. The predicted octanol–water partition coefficient (Wildman–Crippen LogP) is 6.26. The fraction of sp³-hybridized carbons (Fsp3) is 0.0769. The highest BCUT2D eigenvalue weighted by molar-refractivity contribution is 7.92. The zero-order chi connectivity index (χ0) is 27.3. The van der Waals surface area contributed by atoms with Gasteiger partial charge in [0.2, 0.25) is 0 Å². The van der Waals surface area contributed by atoms with E-state index in [0.29, 0.717) is 37.9 Å². The zero-order valence-electron chi connectivity index (χ0n) is 19.8. The molecule has 196 valence electrons. The second-order valence-electron chi connectivity index (χ2n) is 7.79. The Morgan fingerprint density at radius 3 is 2.42 bits per heavy atom. The molecule has 4 rings (SSSR count). The molecule has 0 bridgehead atoms. The molecule has 1 amide bonds. The zero-order valence-corrected chi connectivity index (χ0v) is 22.9. The van der Waals surface area contributed by atoms with Crippen LogP contribution in [0.1, 0.15) is 5.76 Å². The van der Waals surface area contributed by atoms with E-state index in [1.54, 1.807) is 42.5 Å². The summed E-state index contributed by atoms with van der Waals surface area (Å²) in [5.41, 5.74) is 3.17. The number of hydrogen-bond donors (Lipinski definition) is 1. The van der Waals surface area contributed by atoms with Crippen molar-refractivity contribution in [2.75, 3.05) is 18.0 Å². The molecule has 0 spiro atoms. The molecule has 0 atom stereocenters. The average molecular weight is 593 g/mol. The lowest BCUT2D eigenvalue weighted by atomic mass is 10.2. The molecule has 8 nitrogen and oxygen atoms in total. The summed E-state index contributed by atoms with van der Waals surface area (Å²) in [6.45, 7) is -0.560. The first-order valence-electron chi connectivity index (χ1n) is 11.0. The van der Waals surface area contributed by atoms with Crippen LogP contribution in [0.2, 0.25) is 15.1 Å². The van der Waals surface area contributed by atoms with Crippen molar-refractivity contribution in [2.24, 2.45) is 5.10 Å². The van der Waals surface area contributed by atoms with Gasteiger partial charge in [0.05, 0.1) is 28.9 Å². The van der Waals surface area contributed by atoms with E-state index in [1.165, 1.54) is 49.7 Å². The van der Waals surface area contributed by atoms with Gasteiger partial charge in [-0.3, -0.25) is 9.10 Å². The summed E-state index contributed by atoms with van der Waals surface area (Å²) >= 11 is 18.2. The van der Waals surface area contributed by atoms with Gasteiger partial charge in [-0.05, 0) is 72.8 Å². The van der Waals surface area contributed by atoms with Gasteiger partial charge in [0.15, 0.2) is 0 Å². The molecule has 0 aliphatic heterocycles. The number of ether oxygens (including phenoxy) is 1. The topological polar surface area (TPSA) is 101 Å². The van der Waals surface area contributed by atoms with E-state index < -0.39 is 22.5 Å². The molecule has 0 aliphatic rings. The molecule has 0 aliphatic carbocycles. The number of benzene rings is 3. The summed E-state index contributed by atoms with van der Waals surface area (Å²) in [7, 11) is -2.66. The third kappa shape index (κ3) is 6.49. The van der Waals surface area contributed by atoms with Gasteiger partial charge >= 0.3 is 0 Å². The van der Waals surface area contributed by atoms with Crippen molar-refractivity contribution in [3.05, 3.63) is 99.7 Å². The van der Waals surface area contributed by atoms with E-state index in [0.717, 1.165) is 4.31 Å². The molecular weight excluding hydrogens is 573 g/mol. The van der Waals surface area contributed by atoms with Gasteiger partial charge in [-0.1, -0.05) is 40.9 Å². The van der Waals surface area contributed by atoms with E-state index in [2.05, 4.69) is 10.5 Å². The van der Waals surface area contributed by atoms with Crippen LogP contribution < -0.4 is 14.5 Å². The number of anilines is 1. The van der Waals surface area contributed by atoms with Crippen LogP contribution >= 0.6 is 34.8 Å². The van der Waals surface area contributed by atoms with Gasteiger partial charge in [-0.25, -0.2) is 13.8 Å². The maximum atomic E-state index is 13.5. The first kappa shape index (κ1) is 27.5. The number of nitrogens with zero attached hydrogens (tertiary/aromatic N) is 2. The maximum Gasteiger partial charge on any atom is 0.264 e. The number of rotatable bonds is 9. The Balaban J connectivity index is 1.51. The normalized spacial score (nSPS) is 11.5. The van der Waals surface area contributed by atoms with Crippen LogP contribution in [-0.2, 0) is 14.8 Å². The van der Waals surface area contributed by atoms with E-state index in [4.69, 9.17) is 44.0 Å². The van der Waals surface area contributed by atoms with Gasteiger partial charge in [0, 0.05) is 15.6 Å². The summed E-state index contributed by atoms with van der Waals surface area (Å²) in [6, 6.07) is 20.3. The smallest absolute Gasteiger partial charge is 0.264 e. The number of amides is 1. The summed E-state index contributed by atoms with van der Waals surface area (Å²) in [5.74, 6) is 0.622. The van der Waals surface area contributed by atoms with Crippen LogP contribution in [0.5, 0.6) is 5.75 Å². The van der Waals surface area contributed by atoms with Gasteiger partial charge in [0.1, 0.15) is 23.8 Å². The van der Waals surface area contributed by atoms with E-state index in [1.807, 2.05) is 0 Å². The second-order valence-corrected chi connectivity index (χ2v) is 10.9. The Kier molecular flexibility index (Phi) is 8.63. The van der Waals surface area contributed by atoms with Crippen LogP contribution in [0, 0.1) is 0 Å². The van der Waals surface area contributed by atoms with E-state index in [-0.39, 0.29) is 10.6 Å². The molecule has 1 aromatic heterocycles. The Morgan fingerprint density at radius 1 is 1.00 bits per heavy atom. The number of hydrazone groups is 1. The lowest BCUT2D eigenvalue weighted by Crippen LogP contribution is -2.39. The number of halogens is 3. The van der Waals surface area contributed by atoms with Crippen LogP contribution in [0.25, 0.3) is 11.3 Å². The molecule has 0 unspecified atom stereocenters. The quantitative estimate of drug-likeness (QED) is 0.183. The molecule has 12 heteroatoms. The summed E-state index contributed by atoms with van der Waals surface area (Å²) in [4.78, 5) is 12.7. The van der Waals surface area contributed by atoms with Crippen molar-refractivity contribution >= 4 is 62.6 Å². The van der Waals surface area contributed by atoms with Crippen LogP contribution in [0.4, 0.5) is 5.69 Å². The van der Waals surface area contributed by atoms with Gasteiger partial charge in [0.25, 0.3) is 15.9 Å². The molecule has 1 N–H and O–H groups in total. The number of carbonyl (C=O) groups excluding carboxylic acids is 1. The minimum Gasteiger partial charge on any atom is -0.497 e. The van der Waals surface area contributed by atoms with Crippen molar-refractivity contribution in [3.63, 3.8) is 0 Å². The van der Waals surface area contributed by atoms with Gasteiger partial charge in [-0.2, -0.15) is 5.10 Å². The second kappa shape index (κ2) is 11.9. The monoisotopic (exact) mass is 591 g/mol. The summed E-state index contributed by atoms with van der Waals surface area (Å²) < 4.78 is 38.7. The van der Waals surface area contributed by atoms with Gasteiger partial charge in [-0.15, -0.1) is 0 Å². The number of methoxy groups -OCH3 is 1. The number of sulfonamides is 1. The van der Waals surface area contributed by atoms with Crippen LogP contribution in [0.15, 0.2) is 93.3 Å². The van der Waals surface area contributed by atoms with E-state index in [9.17, 15) is 13.2 Å². The summed E-state index contributed by atoms with van der Waals surface area (Å²) in [6.07, 6.45) is 1.28. The first-order valence-corrected chi connectivity index (χ1v) is 13.5. The van der Waals surface area contributed by atoms with Crippen LogP contribution in [-0.4, -0.2) is 34.2 Å². The predicted molar refractivity (Wildman–Crippen MR) is 149 cm³/mol. The van der Waals surface area contributed by atoms with E-state index >= 15 is 0 Å². The van der Waals surface area contributed by atoms with Crippen molar-refractivity contribution in [3.8, 4) is 17.1 Å². The number of hydrogen-bond acceptors (Lipinski definition) is 6. The number of nitrogens with one attached hydrogen (secondary N) is 1. The standard InChI is InChI=1S/C26H20Cl3N3O5S/c1-36-20-6-9-22(10-7-20)38(34,35)32(19-4-2-3-17(27)13-19)16-26(33)31-30-15-21-8-12-25(37-21)23-11-5-18(28)14-24(23)29/h2-15H,16H2,1H3,(H,31,33)/b30-15-. The third-order valence-corrected chi connectivity index (χ3v) is 7.81. The number of carbonyl (C=O) groups is 1. The minimum absolute atomic E-state index is 0.0291. The molecule has 4 aromatic rings. The Bertz CT molecular complexity index is 1590. The first-order chi connectivity index (χ1) is 18.2. The lowest BCUT2D eigenvalue weighted by Gasteiger charge is -2.24. The molecule has 38 heavy (non-hydrogen) atoms. The Morgan fingerprint density at radius 2 is 1.74 bits per heavy atom. The highest BCUT2D eigenvalue weighted by atomic mass is 35.5. The van der Waals surface area contributed by atoms with Crippen molar-refractivity contribution in [1.82, 2.24) is 5.43 Å². The molecule has 0 saturated carbocycles. The van der Waals surface area contributed by atoms with Crippen LogP contribution in [0.3, 0.4) is 0 Å². The summed E-state index contributed by atoms with van der Waals surface area (Å²) in [5, 5.41) is 5.12. The SMILES string of the molecule is COc1ccc(S(=O)(=O)N(CC(=O)N/N=C\c2ccc(-c3ccc(Cl)cc3Cl)o2)c2cccc(Cl)c2)cc1. The third-order valence-electron chi connectivity index (χ3n) is 5.24. The molecule has 0 fully saturated rings. The Hall–Kier alpha value is -3.50. The minimum atomic E-state index is -4.14. The molecule has 1 heterocycles. The van der Waals surface area contributed by atoms with Gasteiger partial charge < -0.3 is 9.15 Å². The molecule has 0 saturated heterocycles. The maximum absolute atomic E-state index is 13.5.